The van der Waals surface area contributed by atoms with Crippen LogP contribution in [0, 0.1) is 0 Å². The molecule has 0 spiro atoms. The average molecular weight is 253 g/mol. The van der Waals surface area contributed by atoms with E-state index in [0.717, 1.165) is 12.8 Å². The Morgan fingerprint density at radius 2 is 2.00 bits per heavy atom. The largest absolute Gasteiger partial charge is 0.333 e. The highest BCUT2D eigenvalue weighted by molar-refractivity contribution is 6.29. The van der Waals surface area contributed by atoms with Gasteiger partial charge in [-0.15, -0.1) is 0 Å². The molecule has 1 fully saturated rings. The highest BCUT2D eigenvalue weighted by Crippen LogP contribution is 2.24. The van der Waals surface area contributed by atoms with Crippen molar-refractivity contribution in [1.82, 2.24) is 9.88 Å². The first kappa shape index (κ1) is 12.4. The Hall–Kier alpha value is -1.09. The van der Waals surface area contributed by atoms with Gasteiger partial charge < -0.3 is 4.90 Å². The van der Waals surface area contributed by atoms with Gasteiger partial charge >= 0.3 is 0 Å². The number of rotatable bonds is 1. The molecule has 0 unspecified atom stereocenters. The lowest BCUT2D eigenvalue weighted by Crippen LogP contribution is -2.47. The zero-order valence-electron chi connectivity index (χ0n) is 10.2. The molecule has 2 atom stereocenters. The molecule has 1 aliphatic heterocycles. The third-order valence-electron chi connectivity index (χ3n) is 3.40. The van der Waals surface area contributed by atoms with Crippen molar-refractivity contribution in [3.8, 4) is 0 Å². The third kappa shape index (κ3) is 2.60. The maximum absolute atomic E-state index is 12.4. The van der Waals surface area contributed by atoms with Gasteiger partial charge in [-0.05, 0) is 45.2 Å². The fraction of sp³-hybridized carbons (Fsp3) is 0.538. The van der Waals surface area contributed by atoms with Gasteiger partial charge in [0.2, 0.25) is 0 Å². The van der Waals surface area contributed by atoms with Gasteiger partial charge in [-0.3, -0.25) is 4.79 Å². The number of amides is 1. The molecule has 0 aliphatic carbocycles. The number of likely N-dealkylation sites (tertiary alicyclic amines) is 1. The van der Waals surface area contributed by atoms with Gasteiger partial charge in [-0.25, -0.2) is 4.98 Å². The molecule has 0 N–H and O–H groups in total. The SMILES string of the molecule is C[C@@H]1CCC[C@H](C)N1C(=O)c1ccc(Cl)nc1. The lowest BCUT2D eigenvalue weighted by molar-refractivity contribution is 0.0510. The van der Waals surface area contributed by atoms with Crippen LogP contribution < -0.4 is 0 Å². The Labute approximate surface area is 107 Å². The van der Waals surface area contributed by atoms with E-state index in [0.29, 0.717) is 22.8 Å². The first-order chi connectivity index (χ1) is 8.09. The molecule has 0 saturated carbocycles. The maximum atomic E-state index is 12.4. The van der Waals surface area contributed by atoms with E-state index in [9.17, 15) is 4.79 Å². The molecule has 2 heterocycles. The van der Waals surface area contributed by atoms with E-state index in [2.05, 4.69) is 18.8 Å². The molecule has 4 heteroatoms. The Balaban J connectivity index is 2.20. The molecule has 17 heavy (non-hydrogen) atoms. The minimum Gasteiger partial charge on any atom is -0.333 e. The van der Waals surface area contributed by atoms with Gasteiger partial charge in [0.05, 0.1) is 5.56 Å². The quantitative estimate of drug-likeness (QED) is 0.720. The summed E-state index contributed by atoms with van der Waals surface area (Å²) in [6.45, 7) is 4.22. The number of carbonyl (C=O) groups is 1. The number of aromatic nitrogens is 1. The molecule has 1 amide bonds. The predicted molar refractivity (Wildman–Crippen MR) is 68.2 cm³/mol. The average Bonchev–Trinajstić information content (AvgIpc) is 2.29. The van der Waals surface area contributed by atoms with Crippen LogP contribution in [0.4, 0.5) is 0 Å². The second-order valence-corrected chi connectivity index (χ2v) is 5.10. The Bertz CT molecular complexity index is 394. The van der Waals surface area contributed by atoms with Crippen LogP contribution in [0.25, 0.3) is 0 Å². The topological polar surface area (TPSA) is 33.2 Å². The van der Waals surface area contributed by atoms with Crippen LogP contribution in [0.15, 0.2) is 18.3 Å². The molecule has 92 valence electrons. The van der Waals surface area contributed by atoms with Crippen LogP contribution >= 0.6 is 11.6 Å². The molecule has 3 nitrogen and oxygen atoms in total. The van der Waals surface area contributed by atoms with Crippen LogP contribution in [-0.4, -0.2) is 27.9 Å². The van der Waals surface area contributed by atoms with E-state index in [1.807, 2.05) is 4.90 Å². The van der Waals surface area contributed by atoms with Crippen molar-refractivity contribution in [3.05, 3.63) is 29.0 Å². The minimum absolute atomic E-state index is 0.0638. The molecule has 1 aromatic rings. The van der Waals surface area contributed by atoms with E-state index >= 15 is 0 Å². The van der Waals surface area contributed by atoms with Gasteiger partial charge in [0, 0.05) is 18.3 Å². The number of pyridine rings is 1. The van der Waals surface area contributed by atoms with Crippen molar-refractivity contribution in [1.29, 1.82) is 0 Å². The van der Waals surface area contributed by atoms with Gasteiger partial charge in [-0.1, -0.05) is 11.6 Å². The van der Waals surface area contributed by atoms with Gasteiger partial charge in [0.1, 0.15) is 5.15 Å². The van der Waals surface area contributed by atoms with Gasteiger partial charge in [-0.2, -0.15) is 0 Å². The maximum Gasteiger partial charge on any atom is 0.255 e. The van der Waals surface area contributed by atoms with Gasteiger partial charge in [0.15, 0.2) is 0 Å². The van der Waals surface area contributed by atoms with E-state index < -0.39 is 0 Å². The summed E-state index contributed by atoms with van der Waals surface area (Å²) in [6.07, 6.45) is 4.91. The monoisotopic (exact) mass is 252 g/mol. The number of hydrogen-bond donors (Lipinski definition) is 0. The molecule has 1 aromatic heterocycles. The molecule has 0 bridgehead atoms. The summed E-state index contributed by atoms with van der Waals surface area (Å²) < 4.78 is 0. The summed E-state index contributed by atoms with van der Waals surface area (Å²) in [6, 6.07) is 4.02. The fourth-order valence-corrected chi connectivity index (χ4v) is 2.58. The lowest BCUT2D eigenvalue weighted by atomic mass is 9.96. The molecule has 1 aliphatic rings. The second kappa shape index (κ2) is 5.05. The van der Waals surface area contributed by atoms with E-state index in [-0.39, 0.29) is 5.91 Å². The van der Waals surface area contributed by atoms with E-state index in [1.165, 1.54) is 6.42 Å². The zero-order chi connectivity index (χ0) is 12.4. The highest BCUT2D eigenvalue weighted by Gasteiger charge is 2.29. The fourth-order valence-electron chi connectivity index (χ4n) is 2.47. The molecular weight excluding hydrogens is 236 g/mol. The lowest BCUT2D eigenvalue weighted by Gasteiger charge is -2.39. The Kier molecular flexibility index (Phi) is 3.67. The predicted octanol–water partition coefficient (Wildman–Crippen LogP) is 3.14. The highest BCUT2D eigenvalue weighted by atomic mass is 35.5. The van der Waals surface area contributed by atoms with Crippen molar-refractivity contribution < 1.29 is 4.79 Å². The van der Waals surface area contributed by atoms with Crippen LogP contribution in [0.2, 0.25) is 5.15 Å². The third-order valence-corrected chi connectivity index (χ3v) is 3.63. The first-order valence-corrected chi connectivity index (χ1v) is 6.41. The summed E-state index contributed by atoms with van der Waals surface area (Å²) >= 11 is 5.72. The van der Waals surface area contributed by atoms with Crippen LogP contribution in [0.1, 0.15) is 43.5 Å². The van der Waals surface area contributed by atoms with E-state index in [1.54, 1.807) is 18.3 Å². The van der Waals surface area contributed by atoms with Crippen molar-refractivity contribution >= 4 is 17.5 Å². The summed E-state index contributed by atoms with van der Waals surface area (Å²) in [5.74, 6) is 0.0638. The summed E-state index contributed by atoms with van der Waals surface area (Å²) in [5, 5.41) is 0.418. The normalized spacial score (nSPS) is 24.8. The standard InChI is InChI=1S/C13H17ClN2O/c1-9-4-3-5-10(2)16(9)13(17)11-6-7-12(14)15-8-11/h6-10H,3-5H2,1-2H3/t9-,10+. The molecule has 1 saturated heterocycles. The summed E-state index contributed by atoms with van der Waals surface area (Å²) in [7, 11) is 0. The Morgan fingerprint density at radius 1 is 1.35 bits per heavy atom. The summed E-state index contributed by atoms with van der Waals surface area (Å²) in [5.41, 5.74) is 0.620. The van der Waals surface area contributed by atoms with Crippen molar-refractivity contribution in [2.45, 2.75) is 45.2 Å². The summed E-state index contributed by atoms with van der Waals surface area (Å²) in [4.78, 5) is 18.3. The smallest absolute Gasteiger partial charge is 0.255 e. The van der Waals surface area contributed by atoms with E-state index in [4.69, 9.17) is 11.6 Å². The molecular formula is C13H17ClN2O. The van der Waals surface area contributed by atoms with Crippen molar-refractivity contribution in [2.24, 2.45) is 0 Å². The number of hydrogen-bond acceptors (Lipinski definition) is 2. The van der Waals surface area contributed by atoms with Gasteiger partial charge in [0.25, 0.3) is 5.91 Å². The second-order valence-electron chi connectivity index (χ2n) is 4.71. The Morgan fingerprint density at radius 3 is 2.53 bits per heavy atom. The zero-order valence-corrected chi connectivity index (χ0v) is 10.9. The molecule has 0 radical (unpaired) electrons. The van der Waals surface area contributed by atoms with Crippen molar-refractivity contribution in [2.75, 3.05) is 0 Å². The van der Waals surface area contributed by atoms with Crippen LogP contribution in [-0.2, 0) is 0 Å². The van der Waals surface area contributed by atoms with Crippen LogP contribution in [0.5, 0.6) is 0 Å². The molecule has 0 aromatic carbocycles. The van der Waals surface area contributed by atoms with Crippen LogP contribution in [0.3, 0.4) is 0 Å². The minimum atomic E-state index is 0.0638. The number of piperidine rings is 1. The number of halogens is 1. The van der Waals surface area contributed by atoms with Crippen molar-refractivity contribution in [3.63, 3.8) is 0 Å². The number of nitrogens with zero attached hydrogens (tertiary/aromatic N) is 2. The number of carbonyl (C=O) groups excluding carboxylic acids is 1. The first-order valence-electron chi connectivity index (χ1n) is 6.04. The molecule has 2 rings (SSSR count).